The molecule has 2 saturated heterocycles. The average molecular weight is 852 g/mol. The molecule has 7 rings (SSSR count). The van der Waals surface area contributed by atoms with E-state index < -0.39 is 75.4 Å². The highest BCUT2D eigenvalue weighted by atomic mass is 32.2. The Morgan fingerprint density at radius 3 is 2.45 bits per heavy atom. The molecule has 0 bridgehead atoms. The lowest BCUT2D eigenvalue weighted by atomic mass is 10.0. The molecule has 2 aromatic carbocycles. The fourth-order valence-corrected chi connectivity index (χ4v) is 9.89. The van der Waals surface area contributed by atoms with E-state index in [4.69, 9.17) is 9.47 Å². The number of rotatable bonds is 4. The fraction of sp³-hybridized carbons (Fsp3) is 0.548. The minimum Gasteiger partial charge on any atom is -0.446 e. The molecular weight excluding hydrogens is 798 g/mol. The van der Waals surface area contributed by atoms with Gasteiger partial charge >= 0.3 is 12.2 Å². The van der Waals surface area contributed by atoms with Gasteiger partial charge in [0, 0.05) is 44.1 Å². The number of anilines is 1. The molecule has 4 aliphatic heterocycles. The van der Waals surface area contributed by atoms with Gasteiger partial charge in [-0.25, -0.2) is 27.1 Å². The van der Waals surface area contributed by atoms with Crippen LogP contribution in [0, 0.1) is 11.7 Å². The highest BCUT2D eigenvalue weighted by molar-refractivity contribution is 7.90. The van der Waals surface area contributed by atoms with E-state index in [1.54, 1.807) is 30.3 Å². The van der Waals surface area contributed by atoms with Gasteiger partial charge in [0.1, 0.15) is 40.5 Å². The summed E-state index contributed by atoms with van der Waals surface area (Å²) < 4.78 is 55.8. The molecule has 3 fully saturated rings. The van der Waals surface area contributed by atoms with Gasteiger partial charge in [0.15, 0.2) is 0 Å². The molecule has 2 aromatic rings. The first-order chi connectivity index (χ1) is 28.8. The van der Waals surface area contributed by atoms with E-state index in [0.717, 1.165) is 32.4 Å². The number of hydrogen-bond donors (Lipinski definition) is 4. The minimum atomic E-state index is -4.42. The Balaban J connectivity index is 1.15. The summed E-state index contributed by atoms with van der Waals surface area (Å²) in [7, 11) is -2.43. The summed E-state index contributed by atoms with van der Waals surface area (Å²) >= 11 is 0. The van der Waals surface area contributed by atoms with Crippen LogP contribution in [0.5, 0.6) is 0 Å². The van der Waals surface area contributed by atoms with Gasteiger partial charge in [-0.05, 0) is 62.9 Å². The summed E-state index contributed by atoms with van der Waals surface area (Å²) in [5.41, 5.74) is -0.365. The lowest BCUT2D eigenvalue weighted by molar-refractivity contribution is -0.141. The van der Waals surface area contributed by atoms with Crippen LogP contribution in [-0.4, -0.2) is 116 Å². The number of halogens is 1. The Morgan fingerprint density at radius 2 is 1.70 bits per heavy atom. The summed E-state index contributed by atoms with van der Waals surface area (Å²) in [5.74, 6) is -3.43. The van der Waals surface area contributed by atoms with Gasteiger partial charge in [-0.15, -0.1) is 6.58 Å². The van der Waals surface area contributed by atoms with E-state index in [0.29, 0.717) is 49.0 Å². The molecule has 0 radical (unpaired) electrons. The third-order valence-corrected chi connectivity index (χ3v) is 13.7. The van der Waals surface area contributed by atoms with Crippen molar-refractivity contribution >= 4 is 45.6 Å². The van der Waals surface area contributed by atoms with Gasteiger partial charge < -0.3 is 35.2 Å². The molecule has 60 heavy (non-hydrogen) atoms. The molecule has 4 heterocycles. The Kier molecular flexibility index (Phi) is 13.0. The Hall–Kier alpha value is -5.23. The molecule has 16 nitrogen and oxygen atoms in total. The van der Waals surface area contributed by atoms with Gasteiger partial charge in [0.05, 0.1) is 18.8 Å². The third kappa shape index (κ3) is 9.54. The van der Waals surface area contributed by atoms with Crippen LogP contribution in [-0.2, 0) is 47.0 Å². The molecule has 18 heteroatoms. The monoisotopic (exact) mass is 851 g/mol. The number of alkyl carbamates (subject to hydrolysis) is 1. The summed E-state index contributed by atoms with van der Waals surface area (Å²) in [6.07, 6.45) is 3.59. The second-order valence-corrected chi connectivity index (χ2v) is 18.2. The highest BCUT2D eigenvalue weighted by Gasteiger charge is 2.61. The fourth-order valence-electron chi connectivity index (χ4n) is 8.67. The van der Waals surface area contributed by atoms with Crippen molar-refractivity contribution in [3.63, 3.8) is 0 Å². The highest BCUT2D eigenvalue weighted by Crippen LogP contribution is 2.45. The van der Waals surface area contributed by atoms with E-state index in [-0.39, 0.29) is 49.9 Å². The van der Waals surface area contributed by atoms with Crippen molar-refractivity contribution in [1.82, 2.24) is 30.1 Å². The van der Waals surface area contributed by atoms with Crippen molar-refractivity contribution in [2.24, 2.45) is 5.92 Å². The number of para-hydroxylation sites is 1. The number of amides is 5. The average Bonchev–Trinajstić information content (AvgIpc) is 3.51. The van der Waals surface area contributed by atoms with E-state index in [1.807, 2.05) is 7.05 Å². The smallest absolute Gasteiger partial charge is 0.410 e. The molecule has 5 amide bonds. The molecule has 1 aliphatic carbocycles. The standard InChI is InChI=1S/C42H54FN7O9S/c1-3-28-23-42(28)39(53)47-60(56,57)36-16-9-8-14-33(36)44-19-10-6-4-5-7-15-34(45-40(54)58-29-17-20-48(2)21-18-29)38(52)50-25-30(22-35(50)37(51)46-42)59-41(55)49-24-27-12-11-13-32(43)31(27)26-49/h3,8-9,11-14,16,28-30,34-35,44H,1,4-7,10,15,17-26H2,2H3,(H,45,54)(H,46,51)(H,47,53)/t28-,30-,34+,35+,42-/m1/s1. The Labute approximate surface area is 349 Å². The quantitative estimate of drug-likeness (QED) is 0.327. The normalized spacial score (nSPS) is 27.9. The van der Waals surface area contributed by atoms with Gasteiger partial charge in [0.25, 0.3) is 15.9 Å². The number of nitrogens with zero attached hydrogens (tertiary/aromatic N) is 3. The second-order valence-electron chi connectivity index (χ2n) is 16.5. The van der Waals surface area contributed by atoms with Crippen LogP contribution in [0.25, 0.3) is 0 Å². The molecule has 0 aromatic heterocycles. The first-order valence-electron chi connectivity index (χ1n) is 20.8. The number of benzene rings is 2. The Bertz CT molecular complexity index is 2100. The predicted molar refractivity (Wildman–Crippen MR) is 217 cm³/mol. The van der Waals surface area contributed by atoms with E-state index in [2.05, 4.69) is 32.2 Å². The Morgan fingerprint density at radius 1 is 0.950 bits per heavy atom. The van der Waals surface area contributed by atoms with Crippen molar-refractivity contribution in [3.8, 4) is 0 Å². The van der Waals surface area contributed by atoms with Gasteiger partial charge in [-0.2, -0.15) is 0 Å². The number of sulfonamides is 1. The van der Waals surface area contributed by atoms with Crippen molar-refractivity contribution in [2.45, 2.75) is 112 Å². The second kappa shape index (κ2) is 18.2. The molecule has 4 N–H and O–H groups in total. The summed E-state index contributed by atoms with van der Waals surface area (Å²) in [6, 6.07) is 8.46. The number of hydrogen-bond acceptors (Lipinski definition) is 11. The number of carbonyl (C=O) groups excluding carboxylic acids is 5. The first kappa shape index (κ1) is 42.9. The zero-order chi connectivity index (χ0) is 42.6. The van der Waals surface area contributed by atoms with Crippen LogP contribution in [0.4, 0.5) is 19.7 Å². The number of fused-ring (bicyclic) bond motifs is 3. The lowest BCUT2D eigenvalue weighted by Gasteiger charge is -2.31. The first-order valence-corrected chi connectivity index (χ1v) is 22.3. The number of nitrogens with one attached hydrogen (secondary N) is 4. The molecule has 1 saturated carbocycles. The van der Waals surface area contributed by atoms with E-state index in [9.17, 15) is 36.8 Å². The third-order valence-electron chi connectivity index (χ3n) is 12.3. The maximum absolute atomic E-state index is 14.7. The van der Waals surface area contributed by atoms with Gasteiger partial charge in [0.2, 0.25) is 11.8 Å². The van der Waals surface area contributed by atoms with Crippen LogP contribution in [0.3, 0.4) is 0 Å². The molecule has 5 aliphatic rings. The summed E-state index contributed by atoms with van der Waals surface area (Å²) in [6.45, 7) is 5.64. The summed E-state index contributed by atoms with van der Waals surface area (Å²) in [4.78, 5) is 74.5. The van der Waals surface area contributed by atoms with Gasteiger partial charge in [-0.1, -0.05) is 56.0 Å². The number of ether oxygens (including phenoxy) is 2. The van der Waals surface area contributed by atoms with Crippen LogP contribution >= 0.6 is 0 Å². The maximum Gasteiger partial charge on any atom is 0.410 e. The van der Waals surface area contributed by atoms with Crippen molar-refractivity contribution in [1.29, 1.82) is 0 Å². The predicted octanol–water partition coefficient (Wildman–Crippen LogP) is 3.77. The number of likely N-dealkylation sites (tertiary alicyclic amines) is 1. The largest absolute Gasteiger partial charge is 0.446 e. The van der Waals surface area contributed by atoms with Crippen LogP contribution in [0.15, 0.2) is 60.0 Å². The van der Waals surface area contributed by atoms with E-state index >= 15 is 0 Å². The molecule has 5 atom stereocenters. The van der Waals surface area contributed by atoms with Crippen molar-refractivity contribution in [3.05, 3.63) is 72.1 Å². The number of piperidine rings is 1. The SMILES string of the molecule is C=C[C@@H]1C[C@@]12NC(=O)[C@@H]1C[C@@H](OC(=O)N3Cc4cccc(F)c4C3)CN1C(=O)[C@@H](NC(=O)OC1CCN(C)CC1)CCCCCCCNc1ccccc1S(=O)(=O)NC2=O. The topological polar surface area (TPSA) is 196 Å². The molecule has 324 valence electrons. The number of carbonyl (C=O) groups is 5. The summed E-state index contributed by atoms with van der Waals surface area (Å²) in [5, 5.41) is 8.69. The zero-order valence-electron chi connectivity index (χ0n) is 33.8. The van der Waals surface area contributed by atoms with Crippen molar-refractivity contribution < 1.29 is 46.3 Å². The van der Waals surface area contributed by atoms with Crippen LogP contribution < -0.4 is 20.7 Å². The minimum absolute atomic E-state index is 0.0183. The van der Waals surface area contributed by atoms with Gasteiger partial charge in [-0.3, -0.25) is 19.3 Å². The zero-order valence-corrected chi connectivity index (χ0v) is 34.6. The molecule has 1 spiro atoms. The molecule has 0 unspecified atom stereocenters. The lowest BCUT2D eigenvalue weighted by Crippen LogP contribution is -2.58. The molecular formula is C42H54FN7O9S. The van der Waals surface area contributed by atoms with Crippen LogP contribution in [0.1, 0.15) is 75.3 Å². The van der Waals surface area contributed by atoms with Crippen molar-refractivity contribution in [2.75, 3.05) is 38.5 Å². The van der Waals surface area contributed by atoms with Crippen LogP contribution in [0.2, 0.25) is 0 Å². The maximum atomic E-state index is 14.7. The van der Waals surface area contributed by atoms with E-state index in [1.165, 1.54) is 28.0 Å².